The van der Waals surface area contributed by atoms with E-state index < -0.39 is 5.41 Å². The number of hydrogen-bond acceptors (Lipinski definition) is 4. The van der Waals surface area contributed by atoms with E-state index in [1.165, 1.54) is 12.1 Å². The van der Waals surface area contributed by atoms with E-state index in [1.807, 2.05) is 62.4 Å². The van der Waals surface area contributed by atoms with Gasteiger partial charge in [0.05, 0.1) is 6.61 Å². The summed E-state index contributed by atoms with van der Waals surface area (Å²) in [5.41, 5.74) is 3.00. The Balaban J connectivity index is 1.80. The van der Waals surface area contributed by atoms with Crippen LogP contribution in [0.2, 0.25) is 0 Å². The molecule has 1 heterocycles. The van der Waals surface area contributed by atoms with Gasteiger partial charge in [-0.05, 0) is 32.8 Å². The summed E-state index contributed by atoms with van der Waals surface area (Å²) in [5.74, 6) is 0.434. The molecule has 0 saturated heterocycles. The highest BCUT2D eigenvalue weighted by atomic mass is 16.5. The van der Waals surface area contributed by atoms with Crippen molar-refractivity contribution in [1.82, 2.24) is 0 Å². The molecule has 1 aliphatic rings. The molecule has 0 spiro atoms. The second-order valence-corrected chi connectivity index (χ2v) is 7.75. The van der Waals surface area contributed by atoms with E-state index in [0.29, 0.717) is 17.9 Å². The molecular weight excluding hydrogens is 364 g/mol. The van der Waals surface area contributed by atoms with Crippen molar-refractivity contribution in [2.45, 2.75) is 38.5 Å². The minimum Gasteiger partial charge on any atom is -0.465 e. The monoisotopic (exact) mass is 388 g/mol. The fourth-order valence-electron chi connectivity index (χ4n) is 3.88. The van der Waals surface area contributed by atoms with Gasteiger partial charge in [0.2, 0.25) is 0 Å². The predicted octanol–water partition coefficient (Wildman–Crippen LogP) is 4.91. The molecule has 0 unspecified atom stereocenters. The van der Waals surface area contributed by atoms with E-state index in [1.54, 1.807) is 6.92 Å². The van der Waals surface area contributed by atoms with E-state index in [9.17, 15) is 9.59 Å². The third-order valence-corrected chi connectivity index (χ3v) is 5.62. The van der Waals surface area contributed by atoms with Crippen LogP contribution in [0.3, 0.4) is 0 Å². The van der Waals surface area contributed by atoms with Crippen LogP contribution in [-0.4, -0.2) is 12.6 Å². The van der Waals surface area contributed by atoms with Gasteiger partial charge in [-0.2, -0.15) is 0 Å². The molecular formula is C25H24O4. The molecule has 0 radical (unpaired) electrons. The zero-order valence-corrected chi connectivity index (χ0v) is 16.9. The van der Waals surface area contributed by atoms with Crippen molar-refractivity contribution < 1.29 is 13.9 Å². The summed E-state index contributed by atoms with van der Waals surface area (Å²) in [4.78, 5) is 25.5. The SMILES string of the molecule is CCOC(=O)[C@]1(c2cc(=O)cc(-c3ccc(C)cc3)o2)C[C@H]1c1ccc(C)cc1. The second-order valence-electron chi connectivity index (χ2n) is 7.75. The van der Waals surface area contributed by atoms with Crippen LogP contribution in [0.4, 0.5) is 0 Å². The van der Waals surface area contributed by atoms with Crippen molar-refractivity contribution in [2.75, 3.05) is 6.61 Å². The number of benzene rings is 2. The van der Waals surface area contributed by atoms with Crippen LogP contribution < -0.4 is 5.43 Å². The Morgan fingerprint density at radius 3 is 2.28 bits per heavy atom. The van der Waals surface area contributed by atoms with Crippen LogP contribution in [0.15, 0.2) is 69.9 Å². The normalized spacial score (nSPS) is 20.3. The maximum absolute atomic E-state index is 13.0. The van der Waals surface area contributed by atoms with Gasteiger partial charge in [0.15, 0.2) is 5.43 Å². The number of ether oxygens (including phenoxy) is 1. The molecule has 148 valence electrons. The Labute approximate surface area is 170 Å². The van der Waals surface area contributed by atoms with Gasteiger partial charge in [-0.25, -0.2) is 0 Å². The third kappa shape index (κ3) is 3.51. The summed E-state index contributed by atoms with van der Waals surface area (Å²) in [5, 5.41) is 0. The highest BCUT2D eigenvalue weighted by Crippen LogP contribution is 2.61. The topological polar surface area (TPSA) is 56.5 Å². The minimum absolute atomic E-state index is 0.0708. The van der Waals surface area contributed by atoms with Gasteiger partial charge in [-0.3, -0.25) is 9.59 Å². The van der Waals surface area contributed by atoms with Crippen molar-refractivity contribution in [1.29, 1.82) is 0 Å². The number of aryl methyl sites for hydroxylation is 2. The van der Waals surface area contributed by atoms with Crippen LogP contribution in [0.25, 0.3) is 11.3 Å². The van der Waals surface area contributed by atoms with Crippen molar-refractivity contribution in [3.05, 3.63) is 93.3 Å². The Kier molecular flexibility index (Phi) is 4.87. The molecule has 0 amide bonds. The van der Waals surface area contributed by atoms with E-state index in [0.717, 1.165) is 22.3 Å². The molecule has 2 aromatic carbocycles. The maximum atomic E-state index is 13.0. The van der Waals surface area contributed by atoms with E-state index in [2.05, 4.69) is 0 Å². The average molecular weight is 388 g/mol. The molecule has 4 nitrogen and oxygen atoms in total. The summed E-state index contributed by atoms with van der Waals surface area (Å²) in [6.45, 7) is 6.10. The summed E-state index contributed by atoms with van der Waals surface area (Å²) >= 11 is 0. The fraction of sp³-hybridized carbons (Fsp3) is 0.280. The molecule has 1 aromatic heterocycles. The molecule has 0 N–H and O–H groups in total. The van der Waals surface area contributed by atoms with E-state index in [-0.39, 0.29) is 23.9 Å². The summed E-state index contributed by atoms with van der Waals surface area (Å²) < 4.78 is 11.6. The summed E-state index contributed by atoms with van der Waals surface area (Å²) in [7, 11) is 0. The molecule has 1 saturated carbocycles. The molecule has 3 aromatic rings. The van der Waals surface area contributed by atoms with Crippen molar-refractivity contribution in [3.8, 4) is 11.3 Å². The molecule has 0 bridgehead atoms. The molecule has 1 aliphatic carbocycles. The lowest BCUT2D eigenvalue weighted by Gasteiger charge is -2.16. The van der Waals surface area contributed by atoms with Gasteiger partial charge >= 0.3 is 5.97 Å². The predicted molar refractivity (Wildman–Crippen MR) is 112 cm³/mol. The quantitative estimate of drug-likeness (QED) is 0.583. The van der Waals surface area contributed by atoms with Gasteiger partial charge in [0.25, 0.3) is 0 Å². The number of carbonyl (C=O) groups excluding carboxylic acids is 1. The molecule has 4 heteroatoms. The fourth-order valence-corrected chi connectivity index (χ4v) is 3.88. The number of rotatable bonds is 5. The molecule has 29 heavy (non-hydrogen) atoms. The second kappa shape index (κ2) is 7.36. The first kappa shape index (κ1) is 19.2. The Morgan fingerprint density at radius 1 is 1.03 bits per heavy atom. The van der Waals surface area contributed by atoms with Crippen molar-refractivity contribution >= 4 is 5.97 Å². The number of carbonyl (C=O) groups is 1. The highest BCUT2D eigenvalue weighted by molar-refractivity contribution is 5.88. The first-order valence-electron chi connectivity index (χ1n) is 9.90. The molecule has 1 fully saturated rings. The molecule has 4 rings (SSSR count). The maximum Gasteiger partial charge on any atom is 0.320 e. The van der Waals surface area contributed by atoms with Gasteiger partial charge in [0.1, 0.15) is 16.9 Å². The average Bonchev–Trinajstić information content (AvgIpc) is 3.46. The summed E-state index contributed by atoms with van der Waals surface area (Å²) in [6, 6.07) is 18.8. The lowest BCUT2D eigenvalue weighted by molar-refractivity contribution is -0.146. The van der Waals surface area contributed by atoms with Crippen molar-refractivity contribution in [3.63, 3.8) is 0 Å². The Hall–Kier alpha value is -3.14. The largest absolute Gasteiger partial charge is 0.465 e. The smallest absolute Gasteiger partial charge is 0.320 e. The van der Waals surface area contributed by atoms with Crippen LogP contribution >= 0.6 is 0 Å². The Bertz CT molecular complexity index is 1090. The first-order valence-corrected chi connectivity index (χ1v) is 9.90. The van der Waals surface area contributed by atoms with Gasteiger partial charge < -0.3 is 9.15 Å². The van der Waals surface area contributed by atoms with Gasteiger partial charge in [0, 0.05) is 23.6 Å². The van der Waals surface area contributed by atoms with Gasteiger partial charge in [-0.1, -0.05) is 59.7 Å². The van der Waals surface area contributed by atoms with E-state index >= 15 is 0 Å². The highest BCUT2D eigenvalue weighted by Gasteiger charge is 2.65. The van der Waals surface area contributed by atoms with Gasteiger partial charge in [-0.15, -0.1) is 0 Å². The van der Waals surface area contributed by atoms with Crippen LogP contribution in [0.1, 0.15) is 41.7 Å². The zero-order valence-electron chi connectivity index (χ0n) is 16.9. The third-order valence-electron chi connectivity index (χ3n) is 5.62. The summed E-state index contributed by atoms with van der Waals surface area (Å²) in [6.07, 6.45) is 0.565. The molecule has 2 atom stereocenters. The molecule has 0 aliphatic heterocycles. The number of hydrogen-bond donors (Lipinski definition) is 0. The first-order chi connectivity index (χ1) is 13.9. The lowest BCUT2D eigenvalue weighted by atomic mass is 9.95. The minimum atomic E-state index is -0.953. The Morgan fingerprint density at radius 2 is 1.66 bits per heavy atom. The van der Waals surface area contributed by atoms with Crippen LogP contribution in [0, 0.1) is 13.8 Å². The number of esters is 1. The van der Waals surface area contributed by atoms with E-state index in [4.69, 9.17) is 9.15 Å². The van der Waals surface area contributed by atoms with Crippen LogP contribution in [-0.2, 0) is 14.9 Å². The van der Waals surface area contributed by atoms with Crippen LogP contribution in [0.5, 0.6) is 0 Å². The zero-order chi connectivity index (χ0) is 20.6. The lowest BCUT2D eigenvalue weighted by Crippen LogP contribution is -2.26. The van der Waals surface area contributed by atoms with Crippen molar-refractivity contribution in [2.24, 2.45) is 0 Å². The standard InChI is InChI=1S/C25H24O4/c1-4-28-24(27)25(15-21(25)18-9-5-16(2)6-10-18)23-14-20(26)13-22(29-23)19-11-7-17(3)8-12-19/h5-14,21H,4,15H2,1-3H3/t21-,25+/m0/s1.